The van der Waals surface area contributed by atoms with Gasteiger partial charge in [0.2, 0.25) is 0 Å². The molecule has 216 valence electrons. The zero-order chi connectivity index (χ0) is 29.1. The number of ether oxygens (including phenoxy) is 1. The molecule has 0 bridgehead atoms. The van der Waals surface area contributed by atoms with E-state index in [4.69, 9.17) is 14.2 Å². The largest absolute Gasteiger partial charge is 0.456 e. The molecule has 1 saturated carbocycles. The highest BCUT2D eigenvalue weighted by atomic mass is 19.1. The molecule has 1 aliphatic carbocycles. The number of aromatic amines is 1. The summed E-state index contributed by atoms with van der Waals surface area (Å²) in [7, 11) is 0. The van der Waals surface area contributed by atoms with Crippen LogP contribution in [0.3, 0.4) is 0 Å². The van der Waals surface area contributed by atoms with Gasteiger partial charge in [-0.1, -0.05) is 55.5 Å². The fourth-order valence-electron chi connectivity index (χ4n) is 5.92. The van der Waals surface area contributed by atoms with E-state index < -0.39 is 17.4 Å². The fraction of sp³-hybridized carbons (Fsp3) is 0.455. The van der Waals surface area contributed by atoms with Gasteiger partial charge in [-0.05, 0) is 70.2 Å². The first-order chi connectivity index (χ1) is 19.6. The first-order valence-electron chi connectivity index (χ1n) is 14.6. The standard InChI is InChI=1S/C33H38FN3O4/c1-20-26(19-40-37-20)28(38)18-25(21-12-8-6-5-7-9-13-21)31-35-27-17-16-23(29(34)30(27)36-31)22-14-10-11-15-24(22)32(39)41-33(2,3)4/h10-11,14-17,19,21,25H,5-9,12-13,18H2,1-4H3,(H,35,36). The summed E-state index contributed by atoms with van der Waals surface area (Å²) in [6, 6.07) is 10.3. The molecule has 1 fully saturated rings. The van der Waals surface area contributed by atoms with Crippen molar-refractivity contribution < 1.29 is 23.2 Å². The summed E-state index contributed by atoms with van der Waals surface area (Å²) in [6.45, 7) is 7.15. The van der Waals surface area contributed by atoms with Crippen LogP contribution in [0.5, 0.6) is 0 Å². The molecule has 2 aromatic carbocycles. The minimum Gasteiger partial charge on any atom is -0.456 e. The maximum absolute atomic E-state index is 16.2. The molecule has 2 heterocycles. The first kappa shape index (κ1) is 28.7. The second-order valence-electron chi connectivity index (χ2n) is 12.1. The Morgan fingerprint density at radius 2 is 1.73 bits per heavy atom. The van der Waals surface area contributed by atoms with Crippen molar-refractivity contribution in [3.05, 3.63) is 71.1 Å². The van der Waals surface area contributed by atoms with Crippen molar-refractivity contribution in [1.82, 2.24) is 15.1 Å². The third-order valence-electron chi connectivity index (χ3n) is 7.97. The molecule has 1 unspecified atom stereocenters. The molecule has 8 heteroatoms. The number of imidazole rings is 1. The predicted molar refractivity (Wildman–Crippen MR) is 155 cm³/mol. The van der Waals surface area contributed by atoms with Crippen LogP contribution in [0, 0.1) is 18.7 Å². The lowest BCUT2D eigenvalue weighted by Crippen LogP contribution is -2.24. The van der Waals surface area contributed by atoms with Crippen molar-refractivity contribution in [2.24, 2.45) is 5.92 Å². The zero-order valence-electron chi connectivity index (χ0n) is 24.3. The fourth-order valence-corrected chi connectivity index (χ4v) is 5.92. The Kier molecular flexibility index (Phi) is 8.38. The Labute approximate surface area is 239 Å². The van der Waals surface area contributed by atoms with Crippen molar-refractivity contribution in [2.45, 2.75) is 90.6 Å². The van der Waals surface area contributed by atoms with Gasteiger partial charge >= 0.3 is 5.97 Å². The van der Waals surface area contributed by atoms with Gasteiger partial charge in [0.1, 0.15) is 23.2 Å². The second kappa shape index (κ2) is 12.0. The van der Waals surface area contributed by atoms with Gasteiger partial charge < -0.3 is 14.2 Å². The third kappa shape index (κ3) is 6.42. The van der Waals surface area contributed by atoms with Crippen LogP contribution in [0.15, 0.2) is 47.2 Å². The van der Waals surface area contributed by atoms with E-state index in [0.29, 0.717) is 33.7 Å². The summed E-state index contributed by atoms with van der Waals surface area (Å²) in [5.74, 6) is -0.413. The molecule has 2 aromatic heterocycles. The van der Waals surface area contributed by atoms with Gasteiger partial charge in [-0.15, -0.1) is 0 Å². The van der Waals surface area contributed by atoms with Crippen molar-refractivity contribution in [2.75, 3.05) is 0 Å². The van der Waals surface area contributed by atoms with E-state index in [2.05, 4.69) is 10.1 Å². The Hall–Kier alpha value is -3.81. The number of rotatable bonds is 7. The topological polar surface area (TPSA) is 98.1 Å². The highest BCUT2D eigenvalue weighted by Gasteiger charge is 2.31. The highest BCUT2D eigenvalue weighted by Crippen LogP contribution is 2.39. The number of hydrogen-bond acceptors (Lipinski definition) is 6. The number of H-pyrrole nitrogens is 1. The Morgan fingerprint density at radius 3 is 2.41 bits per heavy atom. The lowest BCUT2D eigenvalue weighted by molar-refractivity contribution is 0.00703. The lowest BCUT2D eigenvalue weighted by Gasteiger charge is -2.27. The highest BCUT2D eigenvalue weighted by molar-refractivity contribution is 5.99. The van der Waals surface area contributed by atoms with E-state index in [9.17, 15) is 9.59 Å². The molecule has 5 rings (SSSR count). The van der Waals surface area contributed by atoms with Gasteiger partial charge in [0.15, 0.2) is 11.6 Å². The van der Waals surface area contributed by atoms with Crippen LogP contribution in [0.1, 0.15) is 110 Å². The predicted octanol–water partition coefficient (Wildman–Crippen LogP) is 8.34. The number of nitrogens with zero attached hydrogens (tertiary/aromatic N) is 2. The summed E-state index contributed by atoms with van der Waals surface area (Å²) in [4.78, 5) is 34.5. The normalized spacial score (nSPS) is 15.8. The molecule has 0 aliphatic heterocycles. The number of aromatic nitrogens is 3. The van der Waals surface area contributed by atoms with Crippen LogP contribution < -0.4 is 0 Å². The quantitative estimate of drug-likeness (QED) is 0.180. The van der Waals surface area contributed by atoms with E-state index in [1.165, 1.54) is 25.5 Å². The SMILES string of the molecule is Cc1nocc1C(=O)CC(c1nc2c(F)c(-c3ccccc3C(=O)OC(C)(C)C)ccc2[nH]1)C1CCCCCCC1. The number of carbonyl (C=O) groups excluding carboxylic acids is 2. The average molecular weight is 560 g/mol. The van der Waals surface area contributed by atoms with E-state index in [1.807, 2.05) is 0 Å². The second-order valence-corrected chi connectivity index (χ2v) is 12.1. The number of ketones is 1. The minimum absolute atomic E-state index is 0.0521. The number of aryl methyl sites for hydroxylation is 1. The van der Waals surface area contributed by atoms with Gasteiger partial charge in [0.05, 0.1) is 22.3 Å². The van der Waals surface area contributed by atoms with E-state index >= 15 is 4.39 Å². The minimum atomic E-state index is -0.682. The van der Waals surface area contributed by atoms with Crippen LogP contribution in [-0.2, 0) is 4.74 Å². The van der Waals surface area contributed by atoms with Gasteiger partial charge in [-0.3, -0.25) is 4.79 Å². The monoisotopic (exact) mass is 559 g/mol. The van der Waals surface area contributed by atoms with Crippen molar-refractivity contribution >= 4 is 22.8 Å². The summed E-state index contributed by atoms with van der Waals surface area (Å²) in [5.41, 5.74) is 2.12. The molecule has 4 aromatic rings. The van der Waals surface area contributed by atoms with Gasteiger partial charge in [-0.25, -0.2) is 14.2 Å². The maximum Gasteiger partial charge on any atom is 0.339 e. The van der Waals surface area contributed by atoms with Crippen LogP contribution in [0.25, 0.3) is 22.2 Å². The van der Waals surface area contributed by atoms with Crippen LogP contribution >= 0.6 is 0 Å². The van der Waals surface area contributed by atoms with E-state index in [1.54, 1.807) is 64.1 Å². The number of esters is 1. The molecule has 1 aliphatic rings. The van der Waals surface area contributed by atoms with E-state index in [-0.39, 0.29) is 35.1 Å². The van der Waals surface area contributed by atoms with Gasteiger partial charge in [-0.2, -0.15) is 0 Å². The molecular formula is C33H38FN3O4. The maximum atomic E-state index is 16.2. The lowest BCUT2D eigenvalue weighted by atomic mass is 9.78. The zero-order valence-corrected chi connectivity index (χ0v) is 24.3. The Balaban J connectivity index is 1.53. The smallest absolute Gasteiger partial charge is 0.339 e. The molecule has 41 heavy (non-hydrogen) atoms. The molecular weight excluding hydrogens is 521 g/mol. The van der Waals surface area contributed by atoms with Crippen LogP contribution in [-0.4, -0.2) is 32.5 Å². The molecule has 0 spiro atoms. The molecule has 0 amide bonds. The summed E-state index contributed by atoms with van der Waals surface area (Å²) < 4.78 is 26.8. The van der Waals surface area contributed by atoms with E-state index in [0.717, 1.165) is 25.7 Å². The third-order valence-corrected chi connectivity index (χ3v) is 7.97. The summed E-state index contributed by atoms with van der Waals surface area (Å²) in [5, 5.41) is 3.88. The summed E-state index contributed by atoms with van der Waals surface area (Å²) >= 11 is 0. The van der Waals surface area contributed by atoms with Crippen LogP contribution in [0.2, 0.25) is 0 Å². The van der Waals surface area contributed by atoms with Crippen molar-refractivity contribution in [1.29, 1.82) is 0 Å². The van der Waals surface area contributed by atoms with Crippen molar-refractivity contribution in [3.63, 3.8) is 0 Å². The van der Waals surface area contributed by atoms with Gasteiger partial charge in [0.25, 0.3) is 0 Å². The molecule has 0 radical (unpaired) electrons. The Bertz CT molecular complexity index is 1540. The molecule has 0 saturated heterocycles. The summed E-state index contributed by atoms with van der Waals surface area (Å²) in [6.07, 6.45) is 9.42. The molecule has 7 nitrogen and oxygen atoms in total. The Morgan fingerprint density at radius 1 is 1.02 bits per heavy atom. The van der Waals surface area contributed by atoms with Gasteiger partial charge in [0, 0.05) is 17.9 Å². The number of benzene rings is 2. The molecule has 1 N–H and O–H groups in total. The number of carbonyl (C=O) groups is 2. The average Bonchev–Trinajstić information content (AvgIpc) is 3.53. The number of hydrogen-bond donors (Lipinski definition) is 1. The number of halogens is 1. The number of Topliss-reactive ketones (excluding diaryl/α,β-unsaturated/α-hetero) is 1. The van der Waals surface area contributed by atoms with Crippen LogP contribution in [0.4, 0.5) is 4.39 Å². The van der Waals surface area contributed by atoms with Crippen molar-refractivity contribution in [3.8, 4) is 11.1 Å². The molecule has 1 atom stereocenters. The number of fused-ring (bicyclic) bond motifs is 1. The first-order valence-corrected chi connectivity index (χ1v) is 14.6. The number of nitrogens with one attached hydrogen (secondary N) is 1.